The van der Waals surface area contributed by atoms with Crippen molar-refractivity contribution in [3.05, 3.63) is 46.6 Å². The summed E-state index contributed by atoms with van der Waals surface area (Å²) in [5.74, 6) is -0.278. The van der Waals surface area contributed by atoms with Crippen LogP contribution < -0.4 is 10.6 Å². The highest BCUT2D eigenvalue weighted by Crippen LogP contribution is 2.30. The lowest BCUT2D eigenvalue weighted by Gasteiger charge is -2.21. The smallest absolute Gasteiger partial charge is 0.279 e. The number of nitrogens with zero attached hydrogens (tertiary/aromatic N) is 4. The molecule has 1 fully saturated rings. The molecular formula is C19H22N6OS. The van der Waals surface area contributed by atoms with Gasteiger partial charge < -0.3 is 5.32 Å². The second kappa shape index (κ2) is 7.58. The number of thiazole rings is 1. The molecule has 27 heavy (non-hydrogen) atoms. The van der Waals surface area contributed by atoms with Crippen molar-refractivity contribution >= 4 is 22.4 Å². The molecule has 140 valence electrons. The summed E-state index contributed by atoms with van der Waals surface area (Å²) in [6.07, 6.45) is 3.72. The Morgan fingerprint density at radius 1 is 1.22 bits per heavy atom. The lowest BCUT2D eigenvalue weighted by Crippen LogP contribution is -2.29. The zero-order chi connectivity index (χ0) is 18.8. The normalized spacial score (nSPS) is 15.0. The van der Waals surface area contributed by atoms with Crippen molar-refractivity contribution in [3.8, 4) is 11.3 Å². The maximum atomic E-state index is 12.5. The number of piperidine rings is 1. The number of carbonyl (C=O) groups excluding carboxylic acids is 1. The van der Waals surface area contributed by atoms with Crippen LogP contribution in [0.4, 0.5) is 5.13 Å². The van der Waals surface area contributed by atoms with Crippen molar-refractivity contribution < 1.29 is 4.79 Å². The summed E-state index contributed by atoms with van der Waals surface area (Å²) in [6, 6.07) is 8.52. The lowest BCUT2D eigenvalue weighted by atomic mass is 10.1. The molecule has 0 unspecified atom stereocenters. The number of rotatable bonds is 4. The van der Waals surface area contributed by atoms with Crippen molar-refractivity contribution in [3.63, 3.8) is 0 Å². The Morgan fingerprint density at radius 2 is 1.96 bits per heavy atom. The first kappa shape index (κ1) is 17.8. The minimum atomic E-state index is -0.278. The van der Waals surface area contributed by atoms with Gasteiger partial charge in [0.1, 0.15) is 0 Å². The molecule has 2 N–H and O–H groups in total. The fraction of sp³-hybridized carbons (Fsp3) is 0.368. The van der Waals surface area contributed by atoms with Crippen LogP contribution in [-0.4, -0.2) is 39.0 Å². The molecule has 0 radical (unpaired) electrons. The molecule has 0 atom stereocenters. The molecule has 1 aromatic carbocycles. The Balaban J connectivity index is 1.48. The van der Waals surface area contributed by atoms with Crippen molar-refractivity contribution in [2.75, 3.05) is 18.4 Å². The molecule has 7 nitrogen and oxygen atoms in total. The summed E-state index contributed by atoms with van der Waals surface area (Å²) in [5.41, 5.74) is 3.47. The minimum absolute atomic E-state index is 0.278. The number of carbonyl (C=O) groups is 1. The molecular weight excluding hydrogens is 360 g/mol. The van der Waals surface area contributed by atoms with Crippen LogP contribution in [0.15, 0.2) is 30.5 Å². The highest BCUT2D eigenvalue weighted by molar-refractivity contribution is 7.16. The van der Waals surface area contributed by atoms with Gasteiger partial charge in [0.15, 0.2) is 10.8 Å². The monoisotopic (exact) mass is 382 g/mol. The van der Waals surface area contributed by atoms with Crippen molar-refractivity contribution in [2.24, 2.45) is 0 Å². The highest BCUT2D eigenvalue weighted by atomic mass is 32.1. The Labute approximate surface area is 161 Å². The number of anilines is 1. The third-order valence-electron chi connectivity index (χ3n) is 4.77. The predicted molar refractivity (Wildman–Crippen MR) is 106 cm³/mol. The Hall–Kier alpha value is -2.58. The van der Waals surface area contributed by atoms with Gasteiger partial charge in [-0.15, -0.1) is 16.4 Å². The molecule has 0 bridgehead atoms. The van der Waals surface area contributed by atoms with E-state index in [-0.39, 0.29) is 5.91 Å². The van der Waals surface area contributed by atoms with Crippen LogP contribution in [0.5, 0.6) is 0 Å². The van der Waals surface area contributed by atoms with Crippen LogP contribution in [0.2, 0.25) is 0 Å². The maximum absolute atomic E-state index is 12.5. The average Bonchev–Trinajstić information content (AvgIpc) is 3.30. The molecule has 4 rings (SSSR count). The Bertz CT molecular complexity index is 940. The van der Waals surface area contributed by atoms with Crippen molar-refractivity contribution in [2.45, 2.75) is 32.7 Å². The SMILES string of the molecule is Cc1ccc(-c2nc(NC(=O)c3cn(C4CCNCC4)nn3)sc2C)cc1. The summed E-state index contributed by atoms with van der Waals surface area (Å²) in [7, 11) is 0. The first-order chi connectivity index (χ1) is 13.1. The zero-order valence-electron chi connectivity index (χ0n) is 15.4. The predicted octanol–water partition coefficient (Wildman–Crippen LogP) is 3.20. The van der Waals surface area contributed by atoms with Gasteiger partial charge in [-0.05, 0) is 39.8 Å². The van der Waals surface area contributed by atoms with Gasteiger partial charge in [0.2, 0.25) is 0 Å². The molecule has 1 aliphatic rings. The molecule has 1 amide bonds. The third-order valence-corrected chi connectivity index (χ3v) is 5.65. The largest absolute Gasteiger partial charge is 0.317 e. The third kappa shape index (κ3) is 3.91. The molecule has 0 aliphatic carbocycles. The summed E-state index contributed by atoms with van der Waals surface area (Å²) >= 11 is 1.46. The quantitative estimate of drug-likeness (QED) is 0.724. The van der Waals surface area contributed by atoms with Crippen LogP contribution in [0.3, 0.4) is 0 Å². The standard InChI is InChI=1S/C19H22N6OS/c1-12-3-5-14(6-4-12)17-13(2)27-19(21-17)22-18(26)16-11-25(24-23-16)15-7-9-20-10-8-15/h3-6,11,15,20H,7-10H2,1-2H3,(H,21,22,26). The topological polar surface area (TPSA) is 84.7 Å². The number of nitrogens with one attached hydrogen (secondary N) is 2. The fourth-order valence-electron chi connectivity index (χ4n) is 3.22. The summed E-state index contributed by atoms with van der Waals surface area (Å²) in [6.45, 7) is 5.99. The Kier molecular flexibility index (Phi) is 5.00. The number of aromatic nitrogens is 4. The molecule has 2 aromatic heterocycles. The fourth-order valence-corrected chi connectivity index (χ4v) is 4.05. The van der Waals surface area contributed by atoms with E-state index >= 15 is 0 Å². The van der Waals surface area contributed by atoms with E-state index < -0.39 is 0 Å². The van der Waals surface area contributed by atoms with E-state index in [0.717, 1.165) is 42.1 Å². The van der Waals surface area contributed by atoms with Gasteiger partial charge in [0.25, 0.3) is 5.91 Å². The molecule has 1 aliphatic heterocycles. The van der Waals surface area contributed by atoms with Gasteiger partial charge in [-0.1, -0.05) is 35.0 Å². The Morgan fingerprint density at radius 3 is 2.70 bits per heavy atom. The zero-order valence-corrected chi connectivity index (χ0v) is 16.2. The number of hydrogen-bond acceptors (Lipinski definition) is 6. The molecule has 3 heterocycles. The van der Waals surface area contributed by atoms with Gasteiger partial charge >= 0.3 is 0 Å². The van der Waals surface area contributed by atoms with E-state index in [1.807, 2.05) is 19.1 Å². The van der Waals surface area contributed by atoms with Crippen LogP contribution in [0, 0.1) is 13.8 Å². The molecule has 3 aromatic rings. The van der Waals surface area contributed by atoms with Gasteiger partial charge in [-0.3, -0.25) is 10.1 Å². The first-order valence-electron chi connectivity index (χ1n) is 9.08. The van der Waals surface area contributed by atoms with E-state index in [0.29, 0.717) is 16.9 Å². The summed E-state index contributed by atoms with van der Waals surface area (Å²) < 4.78 is 1.81. The number of benzene rings is 1. The van der Waals surface area contributed by atoms with E-state index in [9.17, 15) is 4.79 Å². The molecule has 8 heteroatoms. The summed E-state index contributed by atoms with van der Waals surface area (Å²) in [5, 5.41) is 14.9. The van der Waals surface area contributed by atoms with Crippen LogP contribution in [0.1, 0.15) is 39.8 Å². The molecule has 0 saturated carbocycles. The minimum Gasteiger partial charge on any atom is -0.317 e. The summed E-state index contributed by atoms with van der Waals surface area (Å²) in [4.78, 5) is 18.2. The van der Waals surface area contributed by atoms with Crippen molar-refractivity contribution in [1.82, 2.24) is 25.3 Å². The molecule has 0 spiro atoms. The number of hydrogen-bond donors (Lipinski definition) is 2. The van der Waals surface area contributed by atoms with Crippen molar-refractivity contribution in [1.29, 1.82) is 0 Å². The van der Waals surface area contributed by atoms with E-state index in [2.05, 4.69) is 45.0 Å². The second-order valence-corrected chi connectivity index (χ2v) is 8.01. The lowest BCUT2D eigenvalue weighted by molar-refractivity contribution is 0.102. The van der Waals surface area contributed by atoms with Gasteiger partial charge in [-0.25, -0.2) is 9.67 Å². The number of aryl methyl sites for hydroxylation is 2. The van der Waals surface area contributed by atoms with E-state index in [1.165, 1.54) is 16.9 Å². The average molecular weight is 382 g/mol. The van der Waals surface area contributed by atoms with E-state index in [1.54, 1.807) is 10.9 Å². The van der Waals surface area contributed by atoms with E-state index in [4.69, 9.17) is 0 Å². The van der Waals surface area contributed by atoms with Crippen LogP contribution in [-0.2, 0) is 0 Å². The van der Waals surface area contributed by atoms with Gasteiger partial charge in [0.05, 0.1) is 17.9 Å². The molecule has 1 saturated heterocycles. The first-order valence-corrected chi connectivity index (χ1v) is 9.90. The van der Waals surface area contributed by atoms with Crippen LogP contribution >= 0.6 is 11.3 Å². The maximum Gasteiger partial charge on any atom is 0.279 e. The second-order valence-electron chi connectivity index (χ2n) is 6.81. The number of amides is 1. The highest BCUT2D eigenvalue weighted by Gasteiger charge is 2.20. The van der Waals surface area contributed by atoms with Gasteiger partial charge in [0, 0.05) is 10.4 Å². The van der Waals surface area contributed by atoms with Gasteiger partial charge in [-0.2, -0.15) is 0 Å². The van der Waals surface area contributed by atoms with Crippen LogP contribution in [0.25, 0.3) is 11.3 Å².